The quantitative estimate of drug-likeness (QED) is 0.626. The Labute approximate surface area is 126 Å². The number of rotatable bonds is 4. The van der Waals surface area contributed by atoms with Crippen molar-refractivity contribution in [2.75, 3.05) is 0 Å². The highest BCUT2D eigenvalue weighted by atomic mass is 31.2. The van der Waals surface area contributed by atoms with E-state index in [0.29, 0.717) is 5.56 Å². The topological polar surface area (TPSA) is 127 Å². The number of ketones is 1. The highest BCUT2D eigenvalue weighted by Gasteiger charge is 2.24. The van der Waals surface area contributed by atoms with E-state index in [-0.39, 0.29) is 35.6 Å². The van der Waals surface area contributed by atoms with E-state index >= 15 is 0 Å². The average Bonchev–Trinajstić information content (AvgIpc) is 2.36. The van der Waals surface area contributed by atoms with Gasteiger partial charge in [0.15, 0.2) is 5.78 Å². The predicted octanol–water partition coefficient (Wildman–Crippen LogP) is 1.81. The monoisotopic (exact) mass is 323 g/mol. The number of carbonyl (C=O) groups excluding carboxylic acids is 1. The third-order valence-corrected chi connectivity index (χ3v) is 3.43. The summed E-state index contributed by atoms with van der Waals surface area (Å²) in [6.45, 7) is 0. The summed E-state index contributed by atoms with van der Waals surface area (Å²) in [7, 11) is -4.71. The first-order valence-electron chi connectivity index (χ1n) is 6.30. The summed E-state index contributed by atoms with van der Waals surface area (Å²) < 4.78 is 14.2. The van der Waals surface area contributed by atoms with Crippen molar-refractivity contribution in [2.24, 2.45) is 4.76 Å². The molecule has 1 aromatic carbocycles. The van der Waals surface area contributed by atoms with E-state index < -0.39 is 13.5 Å². The summed E-state index contributed by atoms with van der Waals surface area (Å²) >= 11 is 0. The number of phenolic OH excluding ortho intramolecular Hbond substituents is 1. The molecule has 0 bridgehead atoms. The molecule has 0 spiro atoms. The molecule has 0 fully saturated rings. The molecule has 0 heterocycles. The molecule has 0 radical (unpaired) electrons. The van der Waals surface area contributed by atoms with Crippen molar-refractivity contribution in [3.05, 3.63) is 53.3 Å². The molecule has 116 valence electrons. The molecule has 7 nitrogen and oxygen atoms in total. The van der Waals surface area contributed by atoms with Crippen molar-refractivity contribution >= 4 is 19.2 Å². The Balaban J connectivity index is 2.29. The lowest BCUT2D eigenvalue weighted by Gasteiger charge is -2.14. The number of benzene rings is 1. The molecular weight excluding hydrogens is 309 g/mol. The van der Waals surface area contributed by atoms with Gasteiger partial charge in [-0.25, -0.2) is 4.57 Å². The van der Waals surface area contributed by atoms with Gasteiger partial charge in [-0.05, 0) is 29.8 Å². The van der Waals surface area contributed by atoms with E-state index in [9.17, 15) is 19.6 Å². The molecule has 0 saturated carbocycles. The first-order chi connectivity index (χ1) is 10.2. The molecule has 22 heavy (non-hydrogen) atoms. The lowest BCUT2D eigenvalue weighted by atomic mass is 9.94. The highest BCUT2D eigenvalue weighted by Crippen LogP contribution is 2.38. The summed E-state index contributed by atoms with van der Waals surface area (Å²) in [6, 6.07) is 6.13. The van der Waals surface area contributed by atoms with Crippen LogP contribution >= 0.6 is 7.75 Å². The van der Waals surface area contributed by atoms with Crippen molar-refractivity contribution in [1.29, 1.82) is 0 Å². The van der Waals surface area contributed by atoms with Crippen molar-refractivity contribution in [3.8, 4) is 5.75 Å². The number of phenols is 1. The van der Waals surface area contributed by atoms with Crippen LogP contribution in [0, 0.1) is 0 Å². The lowest BCUT2D eigenvalue weighted by molar-refractivity contribution is -0.114. The zero-order valence-corrected chi connectivity index (χ0v) is 12.3. The van der Waals surface area contributed by atoms with Crippen molar-refractivity contribution < 1.29 is 29.4 Å². The highest BCUT2D eigenvalue weighted by molar-refractivity contribution is 7.50. The van der Waals surface area contributed by atoms with E-state index in [1.54, 1.807) is 12.1 Å². The van der Waals surface area contributed by atoms with Gasteiger partial charge in [0.05, 0.1) is 11.5 Å². The largest absolute Gasteiger partial charge is 0.512 e. The SMILES string of the molecule is O=C(Cc1cccc(O)c1)C1=CC=C(O)CC1=NP(=O)(O)O. The van der Waals surface area contributed by atoms with E-state index in [2.05, 4.69) is 4.76 Å². The van der Waals surface area contributed by atoms with Crippen molar-refractivity contribution in [1.82, 2.24) is 0 Å². The van der Waals surface area contributed by atoms with Crippen LogP contribution in [0.5, 0.6) is 5.75 Å². The predicted molar refractivity (Wildman–Crippen MR) is 79.7 cm³/mol. The summed E-state index contributed by atoms with van der Waals surface area (Å²) in [4.78, 5) is 30.2. The van der Waals surface area contributed by atoms with Crippen LogP contribution in [0.2, 0.25) is 0 Å². The number of aliphatic hydroxyl groups is 1. The van der Waals surface area contributed by atoms with E-state index in [1.807, 2.05) is 0 Å². The standard InChI is InChI=1S/C14H14NO6P/c16-10-3-1-2-9(6-10)7-14(18)12-5-4-11(17)8-13(12)15-22(19,20)21/h1-6,16-17H,7-8H2,(H2,19,20,21). The fourth-order valence-corrected chi connectivity index (χ4v) is 2.54. The zero-order valence-electron chi connectivity index (χ0n) is 11.4. The second kappa shape index (κ2) is 6.27. The van der Waals surface area contributed by atoms with Crippen molar-refractivity contribution in [3.63, 3.8) is 0 Å². The lowest BCUT2D eigenvalue weighted by Crippen LogP contribution is -2.18. The minimum Gasteiger partial charge on any atom is -0.512 e. The molecule has 0 saturated heterocycles. The van der Waals surface area contributed by atoms with Gasteiger partial charge in [0.1, 0.15) is 5.75 Å². The second-order valence-electron chi connectivity index (χ2n) is 4.74. The maximum absolute atomic E-state index is 12.3. The number of Topliss-reactive ketones (excluding diaryl/α,β-unsaturated/α-hetero) is 1. The fourth-order valence-electron chi connectivity index (χ4n) is 2.05. The van der Waals surface area contributed by atoms with Crippen LogP contribution in [-0.4, -0.2) is 31.5 Å². The smallest absolute Gasteiger partial charge is 0.448 e. The molecule has 0 aliphatic heterocycles. The first kappa shape index (κ1) is 16.2. The summed E-state index contributed by atoms with van der Waals surface area (Å²) in [5.74, 6) is -0.535. The number of aliphatic hydroxyl groups excluding tert-OH is 1. The molecule has 0 unspecified atom stereocenters. The minimum atomic E-state index is -4.71. The third kappa shape index (κ3) is 4.39. The number of aromatic hydroxyl groups is 1. The Hall–Kier alpha value is -2.21. The molecule has 1 aliphatic rings. The average molecular weight is 323 g/mol. The summed E-state index contributed by atoms with van der Waals surface area (Å²) in [5, 5.41) is 18.8. The first-order valence-corrected chi connectivity index (χ1v) is 7.87. The normalized spacial score (nSPS) is 17.1. The van der Waals surface area contributed by atoms with Gasteiger partial charge in [-0.15, -0.1) is 0 Å². The van der Waals surface area contributed by atoms with Gasteiger partial charge < -0.3 is 20.0 Å². The Morgan fingerprint density at radius 1 is 1.23 bits per heavy atom. The van der Waals surface area contributed by atoms with Gasteiger partial charge in [0.2, 0.25) is 0 Å². The Morgan fingerprint density at radius 2 is 1.95 bits per heavy atom. The number of allylic oxidation sites excluding steroid dienone is 4. The van der Waals surface area contributed by atoms with Gasteiger partial charge in [0.25, 0.3) is 0 Å². The molecular formula is C14H14NO6P. The maximum Gasteiger partial charge on any atom is 0.448 e. The summed E-state index contributed by atoms with van der Waals surface area (Å²) in [6.07, 6.45) is 2.28. The van der Waals surface area contributed by atoms with Crippen molar-refractivity contribution in [2.45, 2.75) is 12.8 Å². The molecule has 4 N–H and O–H groups in total. The Morgan fingerprint density at radius 3 is 2.59 bits per heavy atom. The molecule has 1 aromatic rings. The number of hydrogen-bond donors (Lipinski definition) is 4. The van der Waals surface area contributed by atoms with E-state index in [0.717, 1.165) is 0 Å². The second-order valence-corrected chi connectivity index (χ2v) is 5.97. The van der Waals surface area contributed by atoms with Crippen LogP contribution in [-0.2, 0) is 15.8 Å². The Kier molecular flexibility index (Phi) is 4.61. The minimum absolute atomic E-state index is 0.0181. The fraction of sp³-hybridized carbons (Fsp3) is 0.143. The Bertz CT molecular complexity index is 743. The van der Waals surface area contributed by atoms with Crippen LogP contribution in [0.4, 0.5) is 0 Å². The molecule has 0 aromatic heterocycles. The molecule has 0 amide bonds. The van der Waals surface area contributed by atoms with Gasteiger partial charge in [-0.2, -0.15) is 4.76 Å². The van der Waals surface area contributed by atoms with E-state index in [1.165, 1.54) is 24.3 Å². The molecule has 1 aliphatic carbocycles. The van der Waals surface area contributed by atoms with Crippen LogP contribution in [0.25, 0.3) is 0 Å². The molecule has 2 rings (SSSR count). The maximum atomic E-state index is 12.3. The van der Waals surface area contributed by atoms with Crippen LogP contribution < -0.4 is 0 Å². The molecule has 8 heteroatoms. The summed E-state index contributed by atoms with van der Waals surface area (Å²) in [5.41, 5.74) is 0.433. The molecule has 0 atom stereocenters. The number of nitrogens with zero attached hydrogens (tertiary/aromatic N) is 1. The van der Waals surface area contributed by atoms with Crippen LogP contribution in [0.15, 0.2) is 52.5 Å². The number of hydrogen-bond acceptors (Lipinski definition) is 4. The van der Waals surface area contributed by atoms with Crippen LogP contribution in [0.1, 0.15) is 12.0 Å². The van der Waals surface area contributed by atoms with Crippen LogP contribution in [0.3, 0.4) is 0 Å². The van der Waals surface area contributed by atoms with Gasteiger partial charge in [0, 0.05) is 18.4 Å². The van der Waals surface area contributed by atoms with Gasteiger partial charge in [-0.3, -0.25) is 4.79 Å². The van der Waals surface area contributed by atoms with Gasteiger partial charge >= 0.3 is 7.75 Å². The third-order valence-electron chi connectivity index (χ3n) is 2.93. The zero-order chi connectivity index (χ0) is 16.3. The number of carbonyl (C=O) groups is 1. The van der Waals surface area contributed by atoms with E-state index in [4.69, 9.17) is 9.79 Å². The van der Waals surface area contributed by atoms with Gasteiger partial charge in [-0.1, -0.05) is 12.1 Å².